The molecule has 4 amide bonds. The van der Waals surface area contributed by atoms with Crippen molar-refractivity contribution in [3.63, 3.8) is 0 Å². The third-order valence-corrected chi connectivity index (χ3v) is 4.50. The molecule has 0 bridgehead atoms. The van der Waals surface area contributed by atoms with Crippen LogP contribution < -0.4 is 10.2 Å². The van der Waals surface area contributed by atoms with Crippen LogP contribution in [0.25, 0.3) is 6.08 Å². The lowest BCUT2D eigenvalue weighted by Gasteiger charge is -2.26. The van der Waals surface area contributed by atoms with Crippen molar-refractivity contribution in [3.05, 3.63) is 57.3 Å². The lowest BCUT2D eigenvalue weighted by molar-refractivity contribution is -0.122. The minimum Gasteiger partial charge on any atom is -0.273 e. The van der Waals surface area contributed by atoms with Crippen LogP contribution in [0.1, 0.15) is 16.0 Å². The van der Waals surface area contributed by atoms with Gasteiger partial charge in [-0.2, -0.15) is 0 Å². The number of urea groups is 1. The van der Waals surface area contributed by atoms with Crippen molar-refractivity contribution in [2.24, 2.45) is 0 Å². The van der Waals surface area contributed by atoms with Gasteiger partial charge in [-0.05, 0) is 54.6 Å². The maximum atomic E-state index is 12.7. The van der Waals surface area contributed by atoms with Gasteiger partial charge in [-0.3, -0.25) is 14.9 Å². The van der Waals surface area contributed by atoms with E-state index in [1.807, 2.05) is 31.4 Å². The summed E-state index contributed by atoms with van der Waals surface area (Å²) >= 11 is 1.44. The smallest absolute Gasteiger partial charge is 0.273 e. The molecule has 23 heavy (non-hydrogen) atoms. The summed E-state index contributed by atoms with van der Waals surface area (Å²) in [7, 11) is 0. The molecule has 2 aromatic rings. The monoisotopic (exact) mass is 326 g/mol. The number of nitrogens with zero attached hydrogens (tertiary/aromatic N) is 1. The van der Waals surface area contributed by atoms with Crippen molar-refractivity contribution < 1.29 is 14.4 Å². The van der Waals surface area contributed by atoms with Gasteiger partial charge in [0.2, 0.25) is 0 Å². The van der Waals surface area contributed by atoms with Crippen LogP contribution in [0.15, 0.2) is 41.3 Å². The molecule has 116 valence electrons. The van der Waals surface area contributed by atoms with Gasteiger partial charge in [0.25, 0.3) is 11.8 Å². The molecule has 1 aromatic carbocycles. The molecule has 0 radical (unpaired) electrons. The van der Waals surface area contributed by atoms with E-state index < -0.39 is 17.8 Å². The first kappa shape index (κ1) is 15.2. The van der Waals surface area contributed by atoms with Crippen LogP contribution in [-0.4, -0.2) is 17.8 Å². The van der Waals surface area contributed by atoms with Crippen LogP contribution in [0, 0.1) is 13.8 Å². The molecule has 0 saturated carbocycles. The van der Waals surface area contributed by atoms with Crippen LogP contribution in [0.2, 0.25) is 0 Å². The number of hydrogen-bond acceptors (Lipinski definition) is 4. The van der Waals surface area contributed by atoms with E-state index in [1.54, 1.807) is 18.2 Å². The molecule has 0 aliphatic carbocycles. The first-order valence-corrected chi connectivity index (χ1v) is 7.87. The molecule has 1 aromatic heterocycles. The Morgan fingerprint density at radius 1 is 1.13 bits per heavy atom. The number of rotatable bonds is 2. The molecule has 3 rings (SSSR count). The van der Waals surface area contributed by atoms with Crippen molar-refractivity contribution in [2.45, 2.75) is 13.8 Å². The summed E-state index contributed by atoms with van der Waals surface area (Å²) in [5, 5.41) is 4.11. The highest BCUT2D eigenvalue weighted by atomic mass is 32.1. The number of aryl methyl sites for hydroxylation is 2. The van der Waals surface area contributed by atoms with E-state index in [0.717, 1.165) is 20.9 Å². The Morgan fingerprint density at radius 2 is 1.91 bits per heavy atom. The summed E-state index contributed by atoms with van der Waals surface area (Å²) in [5.41, 5.74) is 2.28. The molecule has 1 saturated heterocycles. The third kappa shape index (κ3) is 2.80. The second-order valence-electron chi connectivity index (χ2n) is 5.26. The van der Waals surface area contributed by atoms with E-state index in [2.05, 4.69) is 5.32 Å². The van der Waals surface area contributed by atoms with E-state index in [4.69, 9.17) is 0 Å². The summed E-state index contributed by atoms with van der Waals surface area (Å²) in [4.78, 5) is 38.6. The van der Waals surface area contributed by atoms with Crippen molar-refractivity contribution in [1.29, 1.82) is 0 Å². The van der Waals surface area contributed by atoms with E-state index in [1.165, 1.54) is 17.4 Å². The number of hydrogen-bond donors (Lipinski definition) is 1. The Labute approximate surface area is 137 Å². The fourth-order valence-corrected chi connectivity index (χ4v) is 3.18. The Kier molecular flexibility index (Phi) is 3.83. The summed E-state index contributed by atoms with van der Waals surface area (Å²) in [6, 6.07) is 8.19. The number of amides is 4. The van der Waals surface area contributed by atoms with Crippen LogP contribution in [0.5, 0.6) is 0 Å². The predicted molar refractivity (Wildman–Crippen MR) is 89.2 cm³/mol. The van der Waals surface area contributed by atoms with Crippen molar-refractivity contribution in [3.8, 4) is 0 Å². The summed E-state index contributed by atoms with van der Waals surface area (Å²) in [5.74, 6) is -1.28. The molecule has 1 aliphatic heterocycles. The summed E-state index contributed by atoms with van der Waals surface area (Å²) in [6.07, 6.45) is 1.53. The maximum Gasteiger partial charge on any atom is 0.335 e. The number of nitrogens with one attached hydrogen (secondary N) is 1. The van der Waals surface area contributed by atoms with Gasteiger partial charge < -0.3 is 0 Å². The van der Waals surface area contributed by atoms with Crippen molar-refractivity contribution in [1.82, 2.24) is 5.32 Å². The zero-order valence-electron chi connectivity index (χ0n) is 12.6. The quantitative estimate of drug-likeness (QED) is 0.681. The van der Waals surface area contributed by atoms with Crippen molar-refractivity contribution in [2.75, 3.05) is 4.90 Å². The second-order valence-corrected chi connectivity index (χ2v) is 6.21. The molecule has 5 nitrogen and oxygen atoms in total. The number of thiophene rings is 1. The lowest BCUT2D eigenvalue weighted by atomic mass is 10.1. The fraction of sp³-hybridized carbons (Fsp3) is 0.118. The van der Waals surface area contributed by atoms with E-state index in [9.17, 15) is 14.4 Å². The minimum atomic E-state index is -0.731. The number of carbonyl (C=O) groups is 3. The summed E-state index contributed by atoms with van der Waals surface area (Å²) < 4.78 is 0. The topological polar surface area (TPSA) is 66.5 Å². The first-order chi connectivity index (χ1) is 11.0. The van der Waals surface area contributed by atoms with Gasteiger partial charge in [-0.1, -0.05) is 12.1 Å². The fourth-order valence-electron chi connectivity index (χ4n) is 2.32. The first-order valence-electron chi connectivity index (χ1n) is 6.99. The molecular weight excluding hydrogens is 312 g/mol. The van der Waals surface area contributed by atoms with E-state index in [-0.39, 0.29) is 5.57 Å². The van der Waals surface area contributed by atoms with Gasteiger partial charge in [0.1, 0.15) is 5.57 Å². The highest BCUT2D eigenvalue weighted by molar-refractivity contribution is 7.11. The molecule has 0 atom stereocenters. The molecular formula is C17H14N2O3S. The highest BCUT2D eigenvalue weighted by Crippen LogP contribution is 2.25. The standard InChI is InChI=1S/C17H14N2O3S/c1-10-4-3-5-12(8-10)19-16(21)13(15(20)18-17(19)22)9-14-11(2)6-7-23-14/h3-9H,1-2H3,(H,18,20,22)/b13-9+. The minimum absolute atomic E-state index is 0.0448. The zero-order valence-corrected chi connectivity index (χ0v) is 13.4. The molecule has 6 heteroatoms. The predicted octanol–water partition coefficient (Wildman–Crippen LogP) is 3.03. The lowest BCUT2D eigenvalue weighted by Crippen LogP contribution is -2.54. The van der Waals surface area contributed by atoms with E-state index in [0.29, 0.717) is 5.69 Å². The maximum absolute atomic E-state index is 12.7. The number of carbonyl (C=O) groups excluding carboxylic acids is 3. The van der Waals surface area contributed by atoms with Gasteiger partial charge in [-0.15, -0.1) is 11.3 Å². The van der Waals surface area contributed by atoms with Crippen LogP contribution in [0.3, 0.4) is 0 Å². The second kappa shape index (κ2) is 5.81. The zero-order chi connectivity index (χ0) is 16.6. The van der Waals surface area contributed by atoms with Gasteiger partial charge in [0, 0.05) is 4.88 Å². The largest absolute Gasteiger partial charge is 0.335 e. The normalized spacial score (nSPS) is 16.9. The van der Waals surface area contributed by atoms with Crippen LogP contribution in [-0.2, 0) is 9.59 Å². The highest BCUT2D eigenvalue weighted by Gasteiger charge is 2.36. The molecule has 0 unspecified atom stereocenters. The number of anilines is 1. The van der Waals surface area contributed by atoms with E-state index >= 15 is 0 Å². The molecule has 2 heterocycles. The molecule has 1 aliphatic rings. The number of imide groups is 2. The molecule has 1 N–H and O–H groups in total. The van der Waals surface area contributed by atoms with Crippen LogP contribution in [0.4, 0.5) is 10.5 Å². The Hall–Kier alpha value is -2.73. The van der Waals surface area contributed by atoms with Crippen LogP contribution >= 0.6 is 11.3 Å². The molecule has 0 spiro atoms. The number of benzene rings is 1. The van der Waals surface area contributed by atoms with Gasteiger partial charge in [0.05, 0.1) is 5.69 Å². The third-order valence-electron chi connectivity index (χ3n) is 3.54. The van der Waals surface area contributed by atoms with Gasteiger partial charge >= 0.3 is 6.03 Å². The Balaban J connectivity index is 2.04. The summed E-state index contributed by atoms with van der Waals surface area (Å²) in [6.45, 7) is 3.77. The average molecular weight is 326 g/mol. The number of barbiturate groups is 1. The average Bonchev–Trinajstić information content (AvgIpc) is 2.88. The Morgan fingerprint density at radius 3 is 2.57 bits per heavy atom. The molecule has 1 fully saturated rings. The SMILES string of the molecule is Cc1cccc(N2C(=O)NC(=O)/C(=C\c3sccc3C)C2=O)c1. The Bertz CT molecular complexity index is 851. The van der Waals surface area contributed by atoms with Gasteiger partial charge in [0.15, 0.2) is 0 Å². The van der Waals surface area contributed by atoms with Crippen molar-refractivity contribution >= 4 is 40.9 Å². The van der Waals surface area contributed by atoms with Gasteiger partial charge in [-0.25, -0.2) is 9.69 Å².